The third-order valence-corrected chi connectivity index (χ3v) is 3.61. The number of ether oxygens (including phenoxy) is 2. The van der Waals surface area contributed by atoms with Crippen molar-refractivity contribution in [2.24, 2.45) is 0 Å². The van der Waals surface area contributed by atoms with E-state index in [1.165, 1.54) is 11.1 Å². The van der Waals surface area contributed by atoms with Gasteiger partial charge >= 0.3 is 0 Å². The number of hydrogen-bond donors (Lipinski definition) is 1. The van der Waals surface area contributed by atoms with E-state index in [2.05, 4.69) is 30.4 Å². The molecule has 92 valence electrons. The van der Waals surface area contributed by atoms with Gasteiger partial charge in [0, 0.05) is 13.0 Å². The van der Waals surface area contributed by atoms with Crippen molar-refractivity contribution in [2.45, 2.75) is 31.9 Å². The summed E-state index contributed by atoms with van der Waals surface area (Å²) >= 11 is 0. The predicted octanol–water partition coefficient (Wildman–Crippen LogP) is 1.89. The molecule has 3 heteroatoms. The second-order valence-electron chi connectivity index (χ2n) is 5.21. The van der Waals surface area contributed by atoms with E-state index in [0.717, 1.165) is 38.3 Å². The zero-order valence-electron chi connectivity index (χ0n) is 10.3. The van der Waals surface area contributed by atoms with Crippen LogP contribution in [0.1, 0.15) is 24.5 Å². The average molecular weight is 233 g/mol. The molecule has 0 aliphatic carbocycles. The van der Waals surface area contributed by atoms with Gasteiger partial charge in [-0.15, -0.1) is 0 Å². The van der Waals surface area contributed by atoms with E-state index < -0.39 is 0 Å². The highest BCUT2D eigenvalue weighted by atomic mass is 16.6. The Morgan fingerprint density at radius 2 is 2.29 bits per heavy atom. The maximum Gasteiger partial charge on any atom is 0.132 e. The van der Waals surface area contributed by atoms with Gasteiger partial charge in [0.25, 0.3) is 0 Å². The van der Waals surface area contributed by atoms with Crippen molar-refractivity contribution in [3.63, 3.8) is 0 Å². The van der Waals surface area contributed by atoms with Crippen LogP contribution in [-0.2, 0) is 17.7 Å². The monoisotopic (exact) mass is 233 g/mol. The SMILES string of the molecule is CC1(Oc2ccc3c(c2)CCNC3)CCOC1. The summed E-state index contributed by atoms with van der Waals surface area (Å²) in [7, 11) is 0. The first-order chi connectivity index (χ1) is 8.25. The first-order valence-corrected chi connectivity index (χ1v) is 6.34. The Morgan fingerprint density at radius 3 is 3.12 bits per heavy atom. The van der Waals surface area contributed by atoms with Crippen LogP contribution >= 0.6 is 0 Å². The highest BCUT2D eigenvalue weighted by molar-refractivity contribution is 5.37. The third-order valence-electron chi connectivity index (χ3n) is 3.61. The molecule has 0 amide bonds. The molecule has 17 heavy (non-hydrogen) atoms. The van der Waals surface area contributed by atoms with Crippen LogP contribution in [0.2, 0.25) is 0 Å². The molecule has 1 saturated heterocycles. The van der Waals surface area contributed by atoms with E-state index in [4.69, 9.17) is 9.47 Å². The molecule has 3 nitrogen and oxygen atoms in total. The normalized spacial score (nSPS) is 27.8. The molecule has 0 radical (unpaired) electrons. The van der Waals surface area contributed by atoms with Crippen LogP contribution in [0.25, 0.3) is 0 Å². The van der Waals surface area contributed by atoms with E-state index in [-0.39, 0.29) is 5.60 Å². The Bertz CT molecular complexity index is 411. The molecular weight excluding hydrogens is 214 g/mol. The van der Waals surface area contributed by atoms with E-state index >= 15 is 0 Å². The number of rotatable bonds is 2. The molecule has 0 spiro atoms. The summed E-state index contributed by atoms with van der Waals surface area (Å²) in [4.78, 5) is 0. The molecule has 0 aromatic heterocycles. The van der Waals surface area contributed by atoms with Crippen molar-refractivity contribution in [1.82, 2.24) is 5.32 Å². The summed E-state index contributed by atoms with van der Waals surface area (Å²) in [5, 5.41) is 3.38. The van der Waals surface area contributed by atoms with Gasteiger partial charge in [-0.25, -0.2) is 0 Å². The van der Waals surface area contributed by atoms with Crippen molar-refractivity contribution in [3.05, 3.63) is 29.3 Å². The molecule has 2 aliphatic heterocycles. The topological polar surface area (TPSA) is 30.5 Å². The lowest BCUT2D eigenvalue weighted by Gasteiger charge is -2.25. The molecule has 2 aliphatic rings. The smallest absolute Gasteiger partial charge is 0.132 e. The molecule has 0 saturated carbocycles. The minimum absolute atomic E-state index is 0.138. The van der Waals surface area contributed by atoms with Crippen molar-refractivity contribution >= 4 is 0 Å². The molecule has 2 heterocycles. The molecule has 1 aromatic rings. The maximum absolute atomic E-state index is 6.08. The second-order valence-corrected chi connectivity index (χ2v) is 5.21. The fraction of sp³-hybridized carbons (Fsp3) is 0.571. The Kier molecular flexibility index (Phi) is 2.81. The average Bonchev–Trinajstić information content (AvgIpc) is 2.76. The van der Waals surface area contributed by atoms with Crippen LogP contribution in [0.15, 0.2) is 18.2 Å². The van der Waals surface area contributed by atoms with E-state index in [0.29, 0.717) is 6.61 Å². The molecule has 1 N–H and O–H groups in total. The third kappa shape index (κ3) is 2.31. The lowest BCUT2D eigenvalue weighted by molar-refractivity contribution is 0.0663. The van der Waals surface area contributed by atoms with Gasteiger partial charge in [-0.1, -0.05) is 6.07 Å². The van der Waals surface area contributed by atoms with E-state index in [1.807, 2.05) is 0 Å². The molecule has 1 atom stereocenters. The fourth-order valence-corrected chi connectivity index (χ4v) is 2.53. The molecule has 0 bridgehead atoms. The summed E-state index contributed by atoms with van der Waals surface area (Å²) in [5.41, 5.74) is 2.68. The predicted molar refractivity (Wildman–Crippen MR) is 66.3 cm³/mol. The van der Waals surface area contributed by atoms with Gasteiger partial charge in [0.15, 0.2) is 0 Å². The van der Waals surface area contributed by atoms with Crippen molar-refractivity contribution in [3.8, 4) is 5.75 Å². The van der Waals surface area contributed by atoms with Gasteiger partial charge in [0.1, 0.15) is 11.4 Å². The summed E-state index contributed by atoms with van der Waals surface area (Å²) in [6, 6.07) is 6.45. The Labute approximate surface area is 102 Å². The van der Waals surface area contributed by atoms with Crippen molar-refractivity contribution < 1.29 is 9.47 Å². The number of fused-ring (bicyclic) bond motifs is 1. The zero-order valence-corrected chi connectivity index (χ0v) is 10.3. The first kappa shape index (κ1) is 11.1. The molecule has 1 unspecified atom stereocenters. The quantitative estimate of drug-likeness (QED) is 0.846. The molecule has 1 aromatic carbocycles. The number of nitrogens with one attached hydrogen (secondary N) is 1. The van der Waals surface area contributed by atoms with Crippen LogP contribution in [0.3, 0.4) is 0 Å². The summed E-state index contributed by atoms with van der Waals surface area (Å²) < 4.78 is 11.5. The van der Waals surface area contributed by atoms with Crippen LogP contribution < -0.4 is 10.1 Å². The first-order valence-electron chi connectivity index (χ1n) is 6.34. The minimum Gasteiger partial charge on any atom is -0.485 e. The van der Waals surface area contributed by atoms with Gasteiger partial charge in [0.05, 0.1) is 13.2 Å². The Hall–Kier alpha value is -1.06. The minimum atomic E-state index is -0.138. The lowest BCUT2D eigenvalue weighted by atomic mass is 10.0. The number of benzene rings is 1. The Balaban J connectivity index is 1.79. The van der Waals surface area contributed by atoms with Crippen LogP contribution in [0, 0.1) is 0 Å². The van der Waals surface area contributed by atoms with Gasteiger partial charge in [-0.2, -0.15) is 0 Å². The van der Waals surface area contributed by atoms with E-state index in [9.17, 15) is 0 Å². The Morgan fingerprint density at radius 1 is 1.35 bits per heavy atom. The van der Waals surface area contributed by atoms with Crippen LogP contribution in [0.5, 0.6) is 5.75 Å². The highest BCUT2D eigenvalue weighted by Gasteiger charge is 2.32. The zero-order chi connectivity index (χ0) is 11.7. The second kappa shape index (κ2) is 4.31. The molecule has 1 fully saturated rings. The highest BCUT2D eigenvalue weighted by Crippen LogP contribution is 2.28. The molecular formula is C14H19NO2. The van der Waals surface area contributed by atoms with Crippen molar-refractivity contribution in [1.29, 1.82) is 0 Å². The molecule has 3 rings (SSSR count). The summed E-state index contributed by atoms with van der Waals surface area (Å²) in [6.45, 7) is 5.69. The van der Waals surface area contributed by atoms with Crippen molar-refractivity contribution in [2.75, 3.05) is 19.8 Å². The van der Waals surface area contributed by atoms with Crippen LogP contribution in [-0.4, -0.2) is 25.4 Å². The van der Waals surface area contributed by atoms with Gasteiger partial charge in [-0.05, 0) is 43.1 Å². The largest absolute Gasteiger partial charge is 0.485 e. The van der Waals surface area contributed by atoms with Gasteiger partial charge in [-0.3, -0.25) is 0 Å². The van der Waals surface area contributed by atoms with Crippen LogP contribution in [0.4, 0.5) is 0 Å². The number of hydrogen-bond acceptors (Lipinski definition) is 3. The van der Waals surface area contributed by atoms with E-state index in [1.54, 1.807) is 0 Å². The van der Waals surface area contributed by atoms with Gasteiger partial charge in [0.2, 0.25) is 0 Å². The van der Waals surface area contributed by atoms with Gasteiger partial charge < -0.3 is 14.8 Å². The summed E-state index contributed by atoms with van der Waals surface area (Å²) in [6.07, 6.45) is 2.07. The maximum atomic E-state index is 6.08. The summed E-state index contributed by atoms with van der Waals surface area (Å²) in [5.74, 6) is 0.985. The lowest BCUT2D eigenvalue weighted by Crippen LogP contribution is -2.32. The fourth-order valence-electron chi connectivity index (χ4n) is 2.53. The standard InChI is InChI=1S/C14H19NO2/c1-14(5-7-16-10-14)17-13-3-2-12-9-15-6-4-11(12)8-13/h2-3,8,15H,4-7,9-10H2,1H3.